The molecule has 0 aliphatic heterocycles. The number of hydrogen-bond acceptors (Lipinski definition) is 2. The van der Waals surface area contributed by atoms with Crippen molar-refractivity contribution < 1.29 is 14.7 Å². The van der Waals surface area contributed by atoms with Crippen molar-refractivity contribution in [1.82, 2.24) is 5.32 Å². The van der Waals surface area contributed by atoms with Crippen LogP contribution in [0, 0.1) is 11.8 Å². The van der Waals surface area contributed by atoms with Gasteiger partial charge in [0.25, 0.3) is 0 Å². The Kier molecular flexibility index (Phi) is 6.68. The van der Waals surface area contributed by atoms with Crippen LogP contribution < -0.4 is 10.6 Å². The minimum absolute atomic E-state index is 0.255. The van der Waals surface area contributed by atoms with Gasteiger partial charge >= 0.3 is 12.0 Å². The molecular formula is C15H21BrN2O3. The molecule has 0 aliphatic rings. The number of halogens is 1. The predicted octanol–water partition coefficient (Wildman–Crippen LogP) is 3.71. The van der Waals surface area contributed by atoms with Gasteiger partial charge < -0.3 is 15.7 Å². The Morgan fingerprint density at radius 1 is 1.19 bits per heavy atom. The molecule has 2 amide bonds. The highest BCUT2D eigenvalue weighted by molar-refractivity contribution is 9.10. The molecular weight excluding hydrogens is 336 g/mol. The van der Waals surface area contributed by atoms with Crippen molar-refractivity contribution in [3.63, 3.8) is 0 Å². The van der Waals surface area contributed by atoms with Gasteiger partial charge in [-0.1, -0.05) is 29.8 Å². The number of carbonyl (C=O) groups excluding carboxylic acids is 1. The highest BCUT2D eigenvalue weighted by atomic mass is 79.9. The Balaban J connectivity index is 2.59. The van der Waals surface area contributed by atoms with Gasteiger partial charge in [-0.3, -0.25) is 4.79 Å². The third-order valence-electron chi connectivity index (χ3n) is 3.11. The fourth-order valence-electron chi connectivity index (χ4n) is 2.03. The topological polar surface area (TPSA) is 78.4 Å². The molecule has 1 rings (SSSR count). The van der Waals surface area contributed by atoms with Crippen LogP contribution in [0.3, 0.4) is 0 Å². The molecule has 3 N–H and O–H groups in total. The van der Waals surface area contributed by atoms with Crippen molar-refractivity contribution in [1.29, 1.82) is 0 Å². The van der Waals surface area contributed by atoms with Crippen molar-refractivity contribution in [3.05, 3.63) is 28.7 Å². The molecule has 1 aromatic rings. The van der Waals surface area contributed by atoms with Crippen molar-refractivity contribution in [2.24, 2.45) is 11.8 Å². The molecule has 0 fully saturated rings. The van der Waals surface area contributed by atoms with Crippen LogP contribution in [0.1, 0.15) is 27.2 Å². The van der Waals surface area contributed by atoms with E-state index in [0.29, 0.717) is 12.1 Å². The molecule has 2 atom stereocenters. The lowest BCUT2D eigenvalue weighted by Gasteiger charge is -2.23. The fourth-order valence-corrected chi connectivity index (χ4v) is 2.30. The van der Waals surface area contributed by atoms with Crippen LogP contribution in [0.25, 0.3) is 0 Å². The second-order valence-electron chi connectivity index (χ2n) is 5.47. The number of carbonyl (C=O) groups is 2. The first kappa shape index (κ1) is 17.5. The third kappa shape index (κ3) is 6.16. The maximum Gasteiger partial charge on any atom is 0.319 e. The van der Waals surface area contributed by atoms with Crippen molar-refractivity contribution >= 4 is 33.6 Å². The van der Waals surface area contributed by atoms with E-state index >= 15 is 0 Å². The molecule has 0 unspecified atom stereocenters. The molecule has 0 saturated heterocycles. The molecule has 0 aliphatic carbocycles. The molecule has 0 bridgehead atoms. The number of amides is 2. The van der Waals surface area contributed by atoms with Crippen LogP contribution in [-0.4, -0.2) is 23.1 Å². The highest BCUT2D eigenvalue weighted by Crippen LogP contribution is 2.17. The van der Waals surface area contributed by atoms with Gasteiger partial charge in [0.05, 0.1) is 5.92 Å². The lowest BCUT2D eigenvalue weighted by molar-refractivity contribution is -0.143. The van der Waals surface area contributed by atoms with E-state index in [0.717, 1.165) is 4.47 Å². The van der Waals surface area contributed by atoms with Crippen molar-refractivity contribution in [2.45, 2.75) is 33.2 Å². The van der Waals surface area contributed by atoms with Crippen LogP contribution in [0.4, 0.5) is 10.5 Å². The zero-order valence-electron chi connectivity index (χ0n) is 12.4. The van der Waals surface area contributed by atoms with Crippen LogP contribution >= 0.6 is 15.9 Å². The molecule has 0 spiro atoms. The molecule has 5 nitrogen and oxygen atoms in total. The number of aliphatic carboxylic acids is 1. The van der Waals surface area contributed by atoms with E-state index in [1.54, 1.807) is 19.1 Å². The average molecular weight is 357 g/mol. The van der Waals surface area contributed by atoms with Gasteiger partial charge in [0.2, 0.25) is 0 Å². The van der Waals surface area contributed by atoms with Gasteiger partial charge in [-0.25, -0.2) is 4.79 Å². The van der Waals surface area contributed by atoms with Gasteiger partial charge in [0, 0.05) is 16.2 Å². The van der Waals surface area contributed by atoms with Crippen LogP contribution in [-0.2, 0) is 4.79 Å². The maximum atomic E-state index is 11.9. The first-order chi connectivity index (χ1) is 9.79. The Labute approximate surface area is 133 Å². The van der Waals surface area contributed by atoms with Gasteiger partial charge in [0.15, 0.2) is 0 Å². The van der Waals surface area contributed by atoms with E-state index in [4.69, 9.17) is 0 Å². The lowest BCUT2D eigenvalue weighted by atomic mass is 9.91. The molecule has 116 valence electrons. The molecule has 0 saturated carbocycles. The smallest absolute Gasteiger partial charge is 0.319 e. The fraction of sp³-hybridized carbons (Fsp3) is 0.467. The standard InChI is InChI=1S/C15H21BrN2O3/c1-9(2)8-13(14(19)20)10(3)17-15(21)18-12-6-4-11(16)5-7-12/h4-7,9-10,13H,8H2,1-3H3,(H,19,20)(H2,17,18,21)/t10-,13-/m1/s1. The number of hydrogen-bond donors (Lipinski definition) is 3. The van der Waals surface area contributed by atoms with E-state index in [9.17, 15) is 14.7 Å². The van der Waals surface area contributed by atoms with E-state index in [-0.39, 0.29) is 5.92 Å². The monoisotopic (exact) mass is 356 g/mol. The van der Waals surface area contributed by atoms with E-state index in [2.05, 4.69) is 26.6 Å². The van der Waals surface area contributed by atoms with Gasteiger partial charge in [-0.2, -0.15) is 0 Å². The molecule has 0 radical (unpaired) electrons. The van der Waals surface area contributed by atoms with Crippen LogP contribution in [0.5, 0.6) is 0 Å². The maximum absolute atomic E-state index is 11.9. The zero-order valence-corrected chi connectivity index (χ0v) is 14.0. The second-order valence-corrected chi connectivity index (χ2v) is 6.38. The van der Waals surface area contributed by atoms with Crippen molar-refractivity contribution in [3.8, 4) is 0 Å². The summed E-state index contributed by atoms with van der Waals surface area (Å²) in [6.07, 6.45) is 0.523. The number of anilines is 1. The minimum Gasteiger partial charge on any atom is -0.481 e. The molecule has 21 heavy (non-hydrogen) atoms. The van der Waals surface area contributed by atoms with E-state index in [1.165, 1.54) is 0 Å². The summed E-state index contributed by atoms with van der Waals surface area (Å²) in [5, 5.41) is 14.6. The van der Waals surface area contributed by atoms with Gasteiger partial charge in [0.1, 0.15) is 0 Å². The number of carboxylic acid groups (broad SMARTS) is 1. The van der Waals surface area contributed by atoms with Crippen LogP contribution in [0.15, 0.2) is 28.7 Å². The van der Waals surface area contributed by atoms with Gasteiger partial charge in [-0.15, -0.1) is 0 Å². The number of urea groups is 1. The summed E-state index contributed by atoms with van der Waals surface area (Å²) in [6.45, 7) is 5.64. The normalized spacial score (nSPS) is 13.6. The summed E-state index contributed by atoms with van der Waals surface area (Å²) in [5.74, 6) is -1.23. The lowest BCUT2D eigenvalue weighted by Crippen LogP contribution is -2.43. The SMILES string of the molecule is CC(C)C[C@@H](C(=O)O)[C@@H](C)NC(=O)Nc1ccc(Br)cc1. The van der Waals surface area contributed by atoms with E-state index in [1.807, 2.05) is 26.0 Å². The molecule has 6 heteroatoms. The Bertz CT molecular complexity index is 488. The first-order valence-corrected chi connectivity index (χ1v) is 7.64. The summed E-state index contributed by atoms with van der Waals surface area (Å²) < 4.78 is 0.921. The number of carboxylic acids is 1. The summed E-state index contributed by atoms with van der Waals surface area (Å²) in [5.41, 5.74) is 0.652. The average Bonchev–Trinajstić information content (AvgIpc) is 2.38. The Morgan fingerprint density at radius 2 is 1.76 bits per heavy atom. The minimum atomic E-state index is -0.889. The first-order valence-electron chi connectivity index (χ1n) is 6.85. The van der Waals surface area contributed by atoms with Crippen molar-refractivity contribution in [2.75, 3.05) is 5.32 Å². The predicted molar refractivity (Wildman–Crippen MR) is 86.3 cm³/mol. The van der Waals surface area contributed by atoms with E-state index < -0.39 is 24.0 Å². The van der Waals surface area contributed by atoms with Crippen LogP contribution in [0.2, 0.25) is 0 Å². The summed E-state index contributed by atoms with van der Waals surface area (Å²) in [7, 11) is 0. The quantitative estimate of drug-likeness (QED) is 0.726. The number of nitrogens with one attached hydrogen (secondary N) is 2. The summed E-state index contributed by atoms with van der Waals surface area (Å²) in [4.78, 5) is 23.2. The second kappa shape index (κ2) is 8.02. The zero-order chi connectivity index (χ0) is 16.0. The summed E-state index contributed by atoms with van der Waals surface area (Å²) >= 11 is 3.32. The van der Waals surface area contributed by atoms with Gasteiger partial charge in [-0.05, 0) is 43.5 Å². The largest absolute Gasteiger partial charge is 0.481 e. The molecule has 1 aromatic carbocycles. The number of benzene rings is 1. The number of rotatable bonds is 6. The highest BCUT2D eigenvalue weighted by Gasteiger charge is 2.26. The summed E-state index contributed by atoms with van der Waals surface area (Å²) in [6, 6.07) is 6.31. The molecule has 0 heterocycles. The Hall–Kier alpha value is -1.56. The Morgan fingerprint density at radius 3 is 2.24 bits per heavy atom. The third-order valence-corrected chi connectivity index (χ3v) is 3.64. The molecule has 0 aromatic heterocycles.